The number of aliphatic hydroxyl groups is 1. The molecule has 0 atom stereocenters. The fraction of sp³-hybridized carbons (Fsp3) is 1.00. The van der Waals surface area contributed by atoms with Crippen molar-refractivity contribution >= 4 is 0 Å². The van der Waals surface area contributed by atoms with Crippen molar-refractivity contribution in [3.63, 3.8) is 0 Å². The van der Waals surface area contributed by atoms with Crippen LogP contribution in [0.15, 0.2) is 0 Å². The summed E-state index contributed by atoms with van der Waals surface area (Å²) in [5.74, 6) is 1.94. The van der Waals surface area contributed by atoms with Crippen molar-refractivity contribution < 1.29 is 5.11 Å². The molecule has 0 unspecified atom stereocenters. The van der Waals surface area contributed by atoms with Crippen molar-refractivity contribution in [2.45, 2.75) is 25.7 Å². The lowest BCUT2D eigenvalue weighted by atomic mass is 10.3. The van der Waals surface area contributed by atoms with Crippen molar-refractivity contribution in [3.05, 3.63) is 0 Å². The third-order valence-electron chi connectivity index (χ3n) is 2.84. The Morgan fingerprint density at radius 2 is 1.50 bits per heavy atom. The maximum absolute atomic E-state index is 8.86. The van der Waals surface area contributed by atoms with Crippen LogP contribution in [0.3, 0.4) is 0 Å². The van der Waals surface area contributed by atoms with E-state index in [9.17, 15) is 0 Å². The molecule has 2 aliphatic rings. The van der Waals surface area contributed by atoms with Crippen molar-refractivity contribution in [3.8, 4) is 0 Å². The van der Waals surface area contributed by atoms with Crippen LogP contribution in [0.5, 0.6) is 0 Å². The molecule has 2 rings (SSSR count). The van der Waals surface area contributed by atoms with Gasteiger partial charge in [0.1, 0.15) is 0 Å². The third-order valence-corrected chi connectivity index (χ3v) is 2.84. The molecule has 0 aromatic heterocycles. The normalized spacial score (nSPS) is 23.5. The fourth-order valence-electron chi connectivity index (χ4n) is 1.73. The highest BCUT2D eigenvalue weighted by molar-refractivity contribution is 4.82. The molecule has 0 bridgehead atoms. The molecule has 0 aliphatic heterocycles. The van der Waals surface area contributed by atoms with Crippen LogP contribution in [0.2, 0.25) is 0 Å². The molecule has 0 heterocycles. The molecule has 0 spiro atoms. The van der Waals surface area contributed by atoms with Gasteiger partial charge in [0.15, 0.2) is 0 Å². The molecule has 2 nitrogen and oxygen atoms in total. The Morgan fingerprint density at radius 1 is 1.00 bits per heavy atom. The Kier molecular flexibility index (Phi) is 2.66. The molecule has 2 fully saturated rings. The first-order valence-corrected chi connectivity index (χ1v) is 5.21. The zero-order chi connectivity index (χ0) is 8.39. The first kappa shape index (κ1) is 8.52. The van der Waals surface area contributed by atoms with Gasteiger partial charge < -0.3 is 10.0 Å². The van der Waals surface area contributed by atoms with Gasteiger partial charge in [-0.15, -0.1) is 0 Å². The Bertz CT molecular complexity index is 127. The zero-order valence-corrected chi connectivity index (χ0v) is 7.71. The van der Waals surface area contributed by atoms with Crippen LogP contribution in [0.4, 0.5) is 0 Å². The number of aliphatic hydroxyl groups excluding tert-OH is 1. The van der Waals surface area contributed by atoms with Gasteiger partial charge >= 0.3 is 0 Å². The number of rotatable bonds is 6. The van der Waals surface area contributed by atoms with Gasteiger partial charge in [0, 0.05) is 19.6 Å². The van der Waals surface area contributed by atoms with Crippen molar-refractivity contribution in [1.29, 1.82) is 0 Å². The van der Waals surface area contributed by atoms with E-state index in [0.29, 0.717) is 6.61 Å². The van der Waals surface area contributed by atoms with Crippen LogP contribution < -0.4 is 0 Å². The lowest BCUT2D eigenvalue weighted by molar-refractivity contribution is 0.185. The Labute approximate surface area is 74.6 Å². The Hall–Kier alpha value is -0.0800. The summed E-state index contributed by atoms with van der Waals surface area (Å²) in [7, 11) is 0. The summed E-state index contributed by atoms with van der Waals surface area (Å²) in [5.41, 5.74) is 0. The quantitative estimate of drug-likeness (QED) is 0.643. The average Bonchev–Trinajstić information content (AvgIpc) is 2.82. The summed E-state index contributed by atoms with van der Waals surface area (Å²) in [6.45, 7) is 3.72. The molecule has 12 heavy (non-hydrogen) atoms. The molecule has 2 saturated carbocycles. The molecule has 70 valence electrons. The van der Waals surface area contributed by atoms with Gasteiger partial charge in [0.25, 0.3) is 0 Å². The summed E-state index contributed by atoms with van der Waals surface area (Å²) in [6, 6.07) is 0. The van der Waals surface area contributed by atoms with Gasteiger partial charge in [-0.3, -0.25) is 0 Å². The minimum Gasteiger partial charge on any atom is -0.395 e. The Balaban J connectivity index is 1.66. The fourth-order valence-corrected chi connectivity index (χ4v) is 1.73. The summed E-state index contributed by atoms with van der Waals surface area (Å²) in [4.78, 5) is 2.45. The highest BCUT2D eigenvalue weighted by atomic mass is 16.3. The van der Waals surface area contributed by atoms with Gasteiger partial charge in [0.05, 0.1) is 6.61 Å². The standard InChI is InChI=1S/C10H19NO/c12-6-5-11(7-9-1-2-9)8-10-3-4-10/h9-10,12H,1-8H2. The second-order valence-corrected chi connectivity index (χ2v) is 4.37. The first-order valence-electron chi connectivity index (χ1n) is 5.21. The summed E-state index contributed by atoms with van der Waals surface area (Å²) >= 11 is 0. The molecular formula is C10H19NO. The van der Waals surface area contributed by atoms with Crippen LogP contribution >= 0.6 is 0 Å². The van der Waals surface area contributed by atoms with E-state index in [1.807, 2.05) is 0 Å². The topological polar surface area (TPSA) is 23.5 Å². The molecule has 2 heteroatoms. The van der Waals surface area contributed by atoms with Crippen molar-refractivity contribution in [2.24, 2.45) is 11.8 Å². The molecule has 0 saturated heterocycles. The molecule has 0 aromatic carbocycles. The lowest BCUT2D eigenvalue weighted by Gasteiger charge is -2.20. The molecule has 0 aromatic rings. The predicted octanol–water partition coefficient (Wildman–Crippen LogP) is 1.10. The summed E-state index contributed by atoms with van der Waals surface area (Å²) < 4.78 is 0. The summed E-state index contributed by atoms with van der Waals surface area (Å²) in [6.07, 6.45) is 5.69. The van der Waals surface area contributed by atoms with Crippen molar-refractivity contribution in [2.75, 3.05) is 26.2 Å². The lowest BCUT2D eigenvalue weighted by Crippen LogP contribution is -2.31. The van der Waals surface area contributed by atoms with Crippen molar-refractivity contribution in [1.82, 2.24) is 4.90 Å². The number of hydrogen-bond acceptors (Lipinski definition) is 2. The molecule has 0 radical (unpaired) electrons. The highest BCUT2D eigenvalue weighted by Crippen LogP contribution is 2.33. The van der Waals surface area contributed by atoms with E-state index in [-0.39, 0.29) is 0 Å². The minimum absolute atomic E-state index is 0.333. The van der Waals surface area contributed by atoms with Crippen LogP contribution in [0.25, 0.3) is 0 Å². The van der Waals surface area contributed by atoms with E-state index < -0.39 is 0 Å². The van der Waals surface area contributed by atoms with E-state index in [0.717, 1.165) is 18.4 Å². The van der Waals surface area contributed by atoms with Gasteiger partial charge in [0.2, 0.25) is 0 Å². The minimum atomic E-state index is 0.333. The maximum Gasteiger partial charge on any atom is 0.0558 e. The van der Waals surface area contributed by atoms with E-state index in [1.54, 1.807) is 0 Å². The maximum atomic E-state index is 8.86. The molecule has 1 N–H and O–H groups in total. The number of hydrogen-bond donors (Lipinski definition) is 1. The molecular weight excluding hydrogens is 150 g/mol. The monoisotopic (exact) mass is 169 g/mol. The van der Waals surface area contributed by atoms with Crippen LogP contribution in [0, 0.1) is 11.8 Å². The van der Waals surface area contributed by atoms with Crippen LogP contribution in [-0.2, 0) is 0 Å². The SMILES string of the molecule is OCCN(CC1CC1)CC1CC1. The van der Waals surface area contributed by atoms with E-state index in [1.165, 1.54) is 38.8 Å². The van der Waals surface area contributed by atoms with E-state index in [2.05, 4.69) is 4.90 Å². The third kappa shape index (κ3) is 2.76. The largest absolute Gasteiger partial charge is 0.395 e. The summed E-state index contributed by atoms with van der Waals surface area (Å²) in [5, 5.41) is 8.86. The van der Waals surface area contributed by atoms with Crippen LogP contribution in [-0.4, -0.2) is 36.2 Å². The van der Waals surface area contributed by atoms with E-state index >= 15 is 0 Å². The van der Waals surface area contributed by atoms with E-state index in [4.69, 9.17) is 5.11 Å². The smallest absolute Gasteiger partial charge is 0.0558 e. The van der Waals surface area contributed by atoms with Gasteiger partial charge in [-0.2, -0.15) is 0 Å². The second-order valence-electron chi connectivity index (χ2n) is 4.37. The Morgan fingerprint density at radius 3 is 1.83 bits per heavy atom. The van der Waals surface area contributed by atoms with Crippen LogP contribution in [0.1, 0.15) is 25.7 Å². The van der Waals surface area contributed by atoms with Gasteiger partial charge in [-0.05, 0) is 37.5 Å². The average molecular weight is 169 g/mol. The van der Waals surface area contributed by atoms with Gasteiger partial charge in [-0.1, -0.05) is 0 Å². The highest BCUT2D eigenvalue weighted by Gasteiger charge is 2.28. The molecule has 0 amide bonds. The zero-order valence-electron chi connectivity index (χ0n) is 7.71. The van der Waals surface area contributed by atoms with Gasteiger partial charge in [-0.25, -0.2) is 0 Å². The molecule has 2 aliphatic carbocycles. The number of nitrogens with zero attached hydrogens (tertiary/aromatic N) is 1. The first-order chi connectivity index (χ1) is 5.88. The second kappa shape index (κ2) is 3.75. The predicted molar refractivity (Wildman–Crippen MR) is 49.0 cm³/mol.